The van der Waals surface area contributed by atoms with Gasteiger partial charge in [-0.1, -0.05) is 63.6 Å². The molecule has 0 bridgehead atoms. The third-order valence-electron chi connectivity index (χ3n) is 4.93. The van der Waals surface area contributed by atoms with Gasteiger partial charge in [0.05, 0.1) is 6.04 Å². The highest BCUT2D eigenvalue weighted by Gasteiger charge is 2.29. The summed E-state index contributed by atoms with van der Waals surface area (Å²) in [5, 5.41) is 8.05. The van der Waals surface area contributed by atoms with E-state index >= 15 is 0 Å². The first-order valence-electron chi connectivity index (χ1n) is 11.7. The Morgan fingerprint density at radius 1 is 0.912 bits per heavy atom. The van der Waals surface area contributed by atoms with E-state index < -0.39 is 36.0 Å². The molecular weight excluding hydrogens is 434 g/mol. The lowest BCUT2D eigenvalue weighted by Gasteiger charge is -2.26. The van der Waals surface area contributed by atoms with E-state index in [0.29, 0.717) is 25.5 Å². The molecular formula is C26H39N3O5. The van der Waals surface area contributed by atoms with Crippen LogP contribution in [0.1, 0.15) is 59.4 Å². The van der Waals surface area contributed by atoms with Crippen molar-refractivity contribution in [1.29, 1.82) is 0 Å². The summed E-state index contributed by atoms with van der Waals surface area (Å²) in [7, 11) is 0. The zero-order valence-electron chi connectivity index (χ0n) is 20.9. The fourth-order valence-corrected chi connectivity index (χ4v) is 3.38. The third-order valence-corrected chi connectivity index (χ3v) is 4.93. The molecule has 3 N–H and O–H groups in total. The first-order valence-corrected chi connectivity index (χ1v) is 11.7. The Hall–Kier alpha value is -3.16. The quantitative estimate of drug-likeness (QED) is 0.283. The van der Waals surface area contributed by atoms with Crippen LogP contribution >= 0.6 is 0 Å². The summed E-state index contributed by atoms with van der Waals surface area (Å²) in [6.45, 7) is 13.4. The minimum atomic E-state index is -0.872. The number of amides is 3. The first-order chi connectivity index (χ1) is 16.0. The first kappa shape index (κ1) is 28.9. The van der Waals surface area contributed by atoms with Crippen molar-refractivity contribution >= 4 is 24.2 Å². The smallest absolute Gasteiger partial charge is 0.408 e. The van der Waals surface area contributed by atoms with Crippen LogP contribution in [0.3, 0.4) is 0 Å². The number of nitrogens with one attached hydrogen (secondary N) is 3. The molecule has 8 heteroatoms. The Labute approximate surface area is 202 Å². The van der Waals surface area contributed by atoms with E-state index in [1.165, 1.54) is 0 Å². The Morgan fingerprint density at radius 3 is 1.94 bits per heavy atom. The summed E-state index contributed by atoms with van der Waals surface area (Å²) < 4.78 is 5.25. The minimum absolute atomic E-state index is 0.0802. The maximum atomic E-state index is 13.1. The predicted octanol–water partition coefficient (Wildman–Crippen LogP) is 3.51. The van der Waals surface area contributed by atoms with Crippen LogP contribution in [0.5, 0.6) is 0 Å². The standard InChI is InChI=1S/C26H39N3O5/c1-17(2)12-21(15-30)27-24(31)22(13-18(3)4)28-25(32)23(14-19(5)6)29-26(33)34-16-20-10-8-7-9-11-20/h7-11,15,18-19,21-23H,1,12-14,16H2,2-6H3,(H,27,31)(H,28,32)(H,29,33)/t21-,22-,23-/m0/s1. The molecule has 0 unspecified atom stereocenters. The van der Waals surface area contributed by atoms with E-state index in [1.54, 1.807) is 6.92 Å². The summed E-state index contributed by atoms with van der Waals surface area (Å²) >= 11 is 0. The van der Waals surface area contributed by atoms with Gasteiger partial charge in [0.15, 0.2) is 0 Å². The molecule has 0 spiro atoms. The van der Waals surface area contributed by atoms with E-state index in [4.69, 9.17) is 4.74 Å². The molecule has 0 aromatic heterocycles. The molecule has 8 nitrogen and oxygen atoms in total. The molecule has 1 aromatic rings. The maximum absolute atomic E-state index is 13.1. The van der Waals surface area contributed by atoms with Crippen molar-refractivity contribution in [3.8, 4) is 0 Å². The van der Waals surface area contributed by atoms with Crippen molar-refractivity contribution in [3.05, 3.63) is 48.0 Å². The van der Waals surface area contributed by atoms with Gasteiger partial charge < -0.3 is 25.5 Å². The molecule has 0 aliphatic heterocycles. The van der Waals surface area contributed by atoms with Crippen molar-refractivity contribution in [2.75, 3.05) is 0 Å². The number of carbonyl (C=O) groups excluding carboxylic acids is 4. The highest BCUT2D eigenvalue weighted by atomic mass is 16.5. The van der Waals surface area contributed by atoms with Crippen LogP contribution in [0.25, 0.3) is 0 Å². The van der Waals surface area contributed by atoms with Crippen LogP contribution in [0.2, 0.25) is 0 Å². The average Bonchev–Trinajstić information content (AvgIpc) is 2.76. The minimum Gasteiger partial charge on any atom is -0.445 e. The van der Waals surface area contributed by atoms with Gasteiger partial charge in [0.2, 0.25) is 11.8 Å². The number of rotatable bonds is 14. The Bertz CT molecular complexity index is 823. The van der Waals surface area contributed by atoms with Gasteiger partial charge >= 0.3 is 6.09 Å². The molecule has 0 aliphatic rings. The van der Waals surface area contributed by atoms with Crippen molar-refractivity contribution in [2.24, 2.45) is 11.8 Å². The summed E-state index contributed by atoms with van der Waals surface area (Å²) in [4.78, 5) is 49.6. The highest BCUT2D eigenvalue weighted by molar-refractivity contribution is 5.92. The number of carbonyl (C=O) groups is 4. The number of benzene rings is 1. The summed E-state index contributed by atoms with van der Waals surface area (Å²) in [6, 6.07) is 6.79. The fraction of sp³-hybridized carbons (Fsp3) is 0.538. The molecule has 3 atom stereocenters. The molecule has 34 heavy (non-hydrogen) atoms. The Morgan fingerprint density at radius 2 is 1.44 bits per heavy atom. The second-order valence-electron chi connectivity index (χ2n) is 9.49. The van der Waals surface area contributed by atoms with Gasteiger partial charge in [-0.3, -0.25) is 9.59 Å². The zero-order chi connectivity index (χ0) is 25.7. The number of aldehydes is 1. The molecule has 0 fully saturated rings. The van der Waals surface area contributed by atoms with Gasteiger partial charge in [-0.2, -0.15) is 0 Å². The number of ether oxygens (including phenoxy) is 1. The molecule has 1 rings (SSSR count). The second kappa shape index (κ2) is 14.9. The van der Waals surface area contributed by atoms with Crippen molar-refractivity contribution < 1.29 is 23.9 Å². The predicted molar refractivity (Wildman–Crippen MR) is 132 cm³/mol. The molecule has 3 amide bonds. The topological polar surface area (TPSA) is 114 Å². The van der Waals surface area contributed by atoms with Gasteiger partial charge in [0.1, 0.15) is 25.0 Å². The van der Waals surface area contributed by atoms with E-state index in [1.807, 2.05) is 58.0 Å². The van der Waals surface area contributed by atoms with Crippen LogP contribution in [0.4, 0.5) is 4.79 Å². The van der Waals surface area contributed by atoms with Crippen LogP contribution in [-0.2, 0) is 25.7 Å². The lowest BCUT2D eigenvalue weighted by atomic mass is 9.99. The number of hydrogen-bond acceptors (Lipinski definition) is 5. The van der Waals surface area contributed by atoms with Crippen molar-refractivity contribution in [3.63, 3.8) is 0 Å². The lowest BCUT2D eigenvalue weighted by Crippen LogP contribution is -2.55. The third kappa shape index (κ3) is 11.6. The SMILES string of the molecule is C=C(C)C[C@@H](C=O)NC(=O)[C@H](CC(C)C)NC(=O)[C@H](CC(C)C)NC(=O)OCc1ccccc1. The van der Waals surface area contributed by atoms with Crippen molar-refractivity contribution in [1.82, 2.24) is 16.0 Å². The van der Waals surface area contributed by atoms with E-state index in [2.05, 4.69) is 22.5 Å². The van der Waals surface area contributed by atoms with Crippen LogP contribution in [0.15, 0.2) is 42.5 Å². The molecule has 188 valence electrons. The van der Waals surface area contributed by atoms with Crippen LogP contribution in [-0.4, -0.2) is 42.3 Å². The molecule has 0 saturated heterocycles. The van der Waals surface area contributed by atoms with Gasteiger partial charge in [-0.05, 0) is 43.6 Å². The second-order valence-corrected chi connectivity index (χ2v) is 9.49. The van der Waals surface area contributed by atoms with E-state index in [0.717, 1.165) is 11.1 Å². The van der Waals surface area contributed by atoms with E-state index in [-0.39, 0.29) is 18.4 Å². The van der Waals surface area contributed by atoms with Gasteiger partial charge in [0.25, 0.3) is 0 Å². The Kier molecular flexibility index (Phi) is 12.6. The summed E-state index contributed by atoms with van der Waals surface area (Å²) in [5.74, 6) is -0.708. The number of hydrogen-bond donors (Lipinski definition) is 3. The highest BCUT2D eigenvalue weighted by Crippen LogP contribution is 2.10. The van der Waals surface area contributed by atoms with Crippen LogP contribution in [0, 0.1) is 11.8 Å². The monoisotopic (exact) mass is 473 g/mol. The van der Waals surface area contributed by atoms with Gasteiger partial charge in [-0.25, -0.2) is 4.79 Å². The fourth-order valence-electron chi connectivity index (χ4n) is 3.38. The average molecular weight is 474 g/mol. The molecule has 0 heterocycles. The summed E-state index contributed by atoms with van der Waals surface area (Å²) in [6.07, 6.45) is 1.02. The molecule has 1 aromatic carbocycles. The Balaban J connectivity index is 2.85. The van der Waals surface area contributed by atoms with Gasteiger partial charge in [0, 0.05) is 0 Å². The summed E-state index contributed by atoms with van der Waals surface area (Å²) in [5.41, 5.74) is 1.59. The van der Waals surface area contributed by atoms with E-state index in [9.17, 15) is 19.2 Å². The largest absolute Gasteiger partial charge is 0.445 e. The lowest BCUT2D eigenvalue weighted by molar-refractivity contribution is -0.131. The number of alkyl carbamates (subject to hydrolysis) is 1. The normalized spacial score (nSPS) is 13.5. The zero-order valence-corrected chi connectivity index (χ0v) is 20.9. The molecule has 0 saturated carbocycles. The van der Waals surface area contributed by atoms with Gasteiger partial charge in [-0.15, -0.1) is 6.58 Å². The van der Waals surface area contributed by atoms with Crippen LogP contribution < -0.4 is 16.0 Å². The maximum Gasteiger partial charge on any atom is 0.408 e. The van der Waals surface area contributed by atoms with Crippen molar-refractivity contribution in [2.45, 2.75) is 78.6 Å². The molecule has 0 radical (unpaired) electrons. The molecule has 0 aliphatic carbocycles.